The van der Waals surface area contributed by atoms with Gasteiger partial charge < -0.3 is 5.11 Å². The Morgan fingerprint density at radius 2 is 1.77 bits per heavy atom. The number of hydrogen-bond donors (Lipinski definition) is 2. The second-order valence-corrected chi connectivity index (χ2v) is 2.98. The minimum absolute atomic E-state index is 0.0304. The number of benzene rings is 1. The van der Waals surface area contributed by atoms with Crippen molar-refractivity contribution in [3.8, 4) is 5.75 Å². The first-order valence-corrected chi connectivity index (χ1v) is 4.08. The first kappa shape index (κ1) is 9.80. The fourth-order valence-corrected chi connectivity index (χ4v) is 0.954. The third-order valence-corrected chi connectivity index (χ3v) is 1.79. The summed E-state index contributed by atoms with van der Waals surface area (Å²) >= 11 is 3.41. The molecule has 13 heavy (non-hydrogen) atoms. The van der Waals surface area contributed by atoms with Crippen LogP contribution in [0, 0.1) is 0 Å². The molecule has 1 aromatic rings. The van der Waals surface area contributed by atoms with Crippen LogP contribution < -0.4 is 0 Å². The number of rotatable bonds is 3. The zero-order chi connectivity index (χ0) is 9.84. The molecular weight excluding hydrogens is 188 g/mol. The molecular formula is C9H8O3S. The highest BCUT2D eigenvalue weighted by atomic mass is 32.1. The molecule has 0 saturated carbocycles. The Bertz CT molecular complexity index is 329. The number of Topliss-reactive ketones (excluding diaryl/α,β-unsaturated/α-hetero) is 1. The summed E-state index contributed by atoms with van der Waals surface area (Å²) in [5.74, 6) is -0.414. The third kappa shape index (κ3) is 2.91. The zero-order valence-electron chi connectivity index (χ0n) is 6.73. The van der Waals surface area contributed by atoms with Crippen LogP contribution in [-0.2, 0) is 16.0 Å². The van der Waals surface area contributed by atoms with E-state index in [1.165, 1.54) is 12.1 Å². The van der Waals surface area contributed by atoms with Crippen molar-refractivity contribution in [1.29, 1.82) is 0 Å². The van der Waals surface area contributed by atoms with Crippen LogP contribution >= 0.6 is 12.6 Å². The Morgan fingerprint density at radius 1 is 1.23 bits per heavy atom. The maximum atomic E-state index is 10.9. The Labute approximate surface area is 80.8 Å². The van der Waals surface area contributed by atoms with Crippen LogP contribution in [0.15, 0.2) is 24.3 Å². The van der Waals surface area contributed by atoms with Crippen LogP contribution in [0.1, 0.15) is 5.56 Å². The molecule has 4 heteroatoms. The molecule has 0 aliphatic carbocycles. The van der Waals surface area contributed by atoms with Gasteiger partial charge in [0, 0.05) is 6.42 Å². The van der Waals surface area contributed by atoms with Crippen LogP contribution in [-0.4, -0.2) is 16.0 Å². The second kappa shape index (κ2) is 4.09. The number of carbonyl (C=O) groups excluding carboxylic acids is 2. The monoisotopic (exact) mass is 196 g/mol. The van der Waals surface area contributed by atoms with Gasteiger partial charge in [-0.05, 0) is 17.7 Å². The molecule has 0 heterocycles. The number of hydrogen-bond acceptors (Lipinski definition) is 3. The molecule has 1 N–H and O–H groups in total. The predicted octanol–water partition coefficient (Wildman–Crippen LogP) is 0.960. The average molecular weight is 196 g/mol. The molecule has 0 radical (unpaired) electrons. The molecule has 68 valence electrons. The number of carbonyl (C=O) groups is 2. The lowest BCUT2D eigenvalue weighted by Crippen LogP contribution is -2.09. The molecule has 0 atom stereocenters. The van der Waals surface area contributed by atoms with Crippen molar-refractivity contribution in [2.75, 3.05) is 0 Å². The van der Waals surface area contributed by atoms with Crippen molar-refractivity contribution in [1.82, 2.24) is 0 Å². The molecule has 3 nitrogen and oxygen atoms in total. The fourth-order valence-electron chi connectivity index (χ4n) is 0.875. The van der Waals surface area contributed by atoms with Gasteiger partial charge in [-0.2, -0.15) is 0 Å². The van der Waals surface area contributed by atoms with Crippen molar-refractivity contribution in [2.45, 2.75) is 6.42 Å². The lowest BCUT2D eigenvalue weighted by Gasteiger charge is -1.97. The van der Waals surface area contributed by atoms with Gasteiger partial charge in [-0.3, -0.25) is 9.59 Å². The Morgan fingerprint density at radius 3 is 2.23 bits per heavy atom. The van der Waals surface area contributed by atoms with Crippen molar-refractivity contribution < 1.29 is 14.7 Å². The van der Waals surface area contributed by atoms with Gasteiger partial charge in [0.25, 0.3) is 5.12 Å². The zero-order valence-corrected chi connectivity index (χ0v) is 7.62. The van der Waals surface area contributed by atoms with E-state index in [2.05, 4.69) is 12.6 Å². The number of phenolic OH excluding ortho intramolecular Hbond substituents is 1. The molecule has 0 saturated heterocycles. The summed E-state index contributed by atoms with van der Waals surface area (Å²) < 4.78 is 0. The minimum Gasteiger partial charge on any atom is -0.508 e. The summed E-state index contributed by atoms with van der Waals surface area (Å²) in [5.41, 5.74) is 0.685. The van der Waals surface area contributed by atoms with Crippen LogP contribution in [0.2, 0.25) is 0 Å². The molecule has 0 unspecified atom stereocenters. The van der Waals surface area contributed by atoms with Crippen LogP contribution in [0.3, 0.4) is 0 Å². The van der Waals surface area contributed by atoms with Crippen molar-refractivity contribution in [3.63, 3.8) is 0 Å². The highest BCUT2D eigenvalue weighted by Crippen LogP contribution is 2.10. The molecule has 0 fully saturated rings. The van der Waals surface area contributed by atoms with E-state index in [0.717, 1.165) is 0 Å². The summed E-state index contributed by atoms with van der Waals surface area (Å²) in [6, 6.07) is 6.10. The lowest BCUT2D eigenvalue weighted by atomic mass is 10.1. The van der Waals surface area contributed by atoms with Gasteiger partial charge in [0.1, 0.15) is 5.75 Å². The standard InChI is InChI=1S/C9H8O3S/c10-7-3-1-6(2-4-7)5-8(11)9(12)13/h1-4,10H,5H2,(H,12,13). The molecule has 0 bridgehead atoms. The number of ketones is 1. The minimum atomic E-state index is -0.743. The normalized spacial score (nSPS) is 9.62. The quantitative estimate of drug-likeness (QED) is 0.559. The van der Waals surface area contributed by atoms with Crippen molar-refractivity contribution in [2.24, 2.45) is 0 Å². The first-order valence-electron chi connectivity index (χ1n) is 3.63. The maximum absolute atomic E-state index is 10.9. The van der Waals surface area contributed by atoms with Crippen LogP contribution in [0.25, 0.3) is 0 Å². The SMILES string of the molecule is O=C(S)C(=O)Cc1ccc(O)cc1. The fraction of sp³-hybridized carbons (Fsp3) is 0.111. The molecule has 0 spiro atoms. The molecule has 0 aliphatic rings. The largest absolute Gasteiger partial charge is 0.508 e. The van der Waals surface area contributed by atoms with Crippen molar-refractivity contribution >= 4 is 23.5 Å². The van der Waals surface area contributed by atoms with Gasteiger partial charge in [0.05, 0.1) is 0 Å². The molecule has 1 rings (SSSR count). The molecule has 0 aliphatic heterocycles. The Balaban J connectivity index is 2.70. The van der Waals surface area contributed by atoms with E-state index in [1.807, 2.05) is 0 Å². The Kier molecular flexibility index (Phi) is 3.08. The van der Waals surface area contributed by atoms with E-state index in [4.69, 9.17) is 5.11 Å². The highest BCUT2D eigenvalue weighted by molar-refractivity contribution is 7.98. The van der Waals surface area contributed by atoms with E-state index in [0.29, 0.717) is 5.56 Å². The number of aromatic hydroxyl groups is 1. The summed E-state index contributed by atoms with van der Waals surface area (Å²) in [5, 5.41) is 8.19. The van der Waals surface area contributed by atoms with Crippen LogP contribution in [0.4, 0.5) is 0 Å². The van der Waals surface area contributed by atoms with Gasteiger partial charge in [0.15, 0.2) is 0 Å². The summed E-state index contributed by atoms with van der Waals surface area (Å²) in [6.45, 7) is 0. The summed E-state index contributed by atoms with van der Waals surface area (Å²) in [6.07, 6.45) is 0.0304. The predicted molar refractivity (Wildman–Crippen MR) is 50.8 cm³/mol. The average Bonchev–Trinajstić information content (AvgIpc) is 2.08. The van der Waals surface area contributed by atoms with E-state index in [9.17, 15) is 9.59 Å². The van der Waals surface area contributed by atoms with E-state index in [-0.39, 0.29) is 12.2 Å². The van der Waals surface area contributed by atoms with Gasteiger partial charge in [-0.15, -0.1) is 0 Å². The van der Waals surface area contributed by atoms with E-state index in [1.54, 1.807) is 12.1 Å². The molecule has 1 aromatic carbocycles. The highest BCUT2D eigenvalue weighted by Gasteiger charge is 2.09. The molecule has 0 aromatic heterocycles. The van der Waals surface area contributed by atoms with E-state index >= 15 is 0 Å². The van der Waals surface area contributed by atoms with Gasteiger partial charge in [0.2, 0.25) is 5.78 Å². The third-order valence-electron chi connectivity index (χ3n) is 1.54. The number of thiol groups is 1. The number of phenols is 1. The lowest BCUT2D eigenvalue weighted by molar-refractivity contribution is -0.131. The van der Waals surface area contributed by atoms with Gasteiger partial charge >= 0.3 is 0 Å². The second-order valence-electron chi connectivity index (χ2n) is 2.57. The summed E-state index contributed by atoms with van der Waals surface area (Å²) in [4.78, 5) is 21.4. The topological polar surface area (TPSA) is 54.4 Å². The van der Waals surface area contributed by atoms with Gasteiger partial charge in [-0.25, -0.2) is 0 Å². The maximum Gasteiger partial charge on any atom is 0.252 e. The Hall–Kier alpha value is -1.29. The smallest absolute Gasteiger partial charge is 0.252 e. The van der Waals surface area contributed by atoms with Crippen LogP contribution in [0.5, 0.6) is 5.75 Å². The van der Waals surface area contributed by atoms with E-state index < -0.39 is 10.9 Å². The van der Waals surface area contributed by atoms with Gasteiger partial charge in [-0.1, -0.05) is 24.8 Å². The summed E-state index contributed by atoms with van der Waals surface area (Å²) in [7, 11) is 0. The first-order chi connectivity index (χ1) is 6.09. The van der Waals surface area contributed by atoms with Crippen molar-refractivity contribution in [3.05, 3.63) is 29.8 Å². The molecule has 0 amide bonds.